The molecule has 166 valence electrons. The number of aromatic nitrogens is 4. The molecule has 1 amide bonds. The fourth-order valence-electron chi connectivity index (χ4n) is 3.19. The minimum atomic E-state index is -0.452. The normalized spacial score (nSPS) is 11.2. The standard InChI is InChI=1S/C20H25N5O5S/c1-11(2)25-16-17(23(3)20(28)24(4)18(16)27)22-19(25)31-10-15(26)21-13-8-7-12(29-5)9-14(13)30-6/h7-9,11H,10H2,1-6H3,(H,21,26). The summed E-state index contributed by atoms with van der Waals surface area (Å²) in [5, 5.41) is 3.29. The SMILES string of the molecule is COc1ccc(NC(=O)CSc2nc3c(c(=O)n(C)c(=O)n3C)n2C(C)C)c(OC)c1. The molecule has 0 radical (unpaired) electrons. The van der Waals surface area contributed by atoms with Gasteiger partial charge in [-0.25, -0.2) is 9.78 Å². The molecule has 0 atom stereocenters. The van der Waals surface area contributed by atoms with E-state index < -0.39 is 11.2 Å². The molecule has 11 heteroatoms. The summed E-state index contributed by atoms with van der Waals surface area (Å²) >= 11 is 1.19. The maximum atomic E-state index is 12.7. The molecule has 31 heavy (non-hydrogen) atoms. The van der Waals surface area contributed by atoms with Crippen molar-refractivity contribution in [1.82, 2.24) is 18.7 Å². The van der Waals surface area contributed by atoms with E-state index in [0.29, 0.717) is 33.5 Å². The largest absolute Gasteiger partial charge is 0.497 e. The van der Waals surface area contributed by atoms with Crippen molar-refractivity contribution in [2.45, 2.75) is 25.0 Å². The molecule has 0 aliphatic carbocycles. The number of hydrogen-bond donors (Lipinski definition) is 1. The molecule has 3 aromatic rings. The lowest BCUT2D eigenvalue weighted by Crippen LogP contribution is -2.37. The Morgan fingerprint density at radius 3 is 2.48 bits per heavy atom. The highest BCUT2D eigenvalue weighted by Crippen LogP contribution is 2.30. The number of nitrogens with one attached hydrogen (secondary N) is 1. The number of carbonyl (C=O) groups excluding carboxylic acids is 1. The van der Waals surface area contributed by atoms with Gasteiger partial charge in [-0.1, -0.05) is 11.8 Å². The van der Waals surface area contributed by atoms with E-state index in [9.17, 15) is 14.4 Å². The smallest absolute Gasteiger partial charge is 0.332 e. The predicted molar refractivity (Wildman–Crippen MR) is 119 cm³/mol. The minimum Gasteiger partial charge on any atom is -0.497 e. The van der Waals surface area contributed by atoms with Gasteiger partial charge in [-0.3, -0.25) is 18.7 Å². The lowest BCUT2D eigenvalue weighted by molar-refractivity contribution is -0.113. The maximum Gasteiger partial charge on any atom is 0.332 e. The van der Waals surface area contributed by atoms with Gasteiger partial charge in [0.25, 0.3) is 5.56 Å². The van der Waals surface area contributed by atoms with Crippen LogP contribution in [0.4, 0.5) is 5.69 Å². The van der Waals surface area contributed by atoms with E-state index in [1.807, 2.05) is 13.8 Å². The molecule has 0 unspecified atom stereocenters. The van der Waals surface area contributed by atoms with E-state index in [4.69, 9.17) is 9.47 Å². The van der Waals surface area contributed by atoms with Crippen molar-refractivity contribution in [3.63, 3.8) is 0 Å². The van der Waals surface area contributed by atoms with Gasteiger partial charge in [0.2, 0.25) is 5.91 Å². The quantitative estimate of drug-likeness (QED) is 0.550. The van der Waals surface area contributed by atoms with Gasteiger partial charge in [0.05, 0.1) is 25.7 Å². The number of amides is 1. The van der Waals surface area contributed by atoms with Crippen LogP contribution in [0.1, 0.15) is 19.9 Å². The van der Waals surface area contributed by atoms with Gasteiger partial charge in [0, 0.05) is 26.2 Å². The van der Waals surface area contributed by atoms with Crippen LogP contribution in [0, 0.1) is 0 Å². The van der Waals surface area contributed by atoms with E-state index in [0.717, 1.165) is 4.57 Å². The molecular weight excluding hydrogens is 422 g/mol. The summed E-state index contributed by atoms with van der Waals surface area (Å²) in [6, 6.07) is 5.00. The Hall–Kier alpha value is -3.21. The highest BCUT2D eigenvalue weighted by Gasteiger charge is 2.21. The van der Waals surface area contributed by atoms with Gasteiger partial charge in [-0.05, 0) is 26.0 Å². The third kappa shape index (κ3) is 4.18. The summed E-state index contributed by atoms with van der Waals surface area (Å²) in [6.07, 6.45) is 0. The van der Waals surface area contributed by atoms with Crippen LogP contribution in [0.25, 0.3) is 11.2 Å². The van der Waals surface area contributed by atoms with Gasteiger partial charge >= 0.3 is 5.69 Å². The molecule has 1 N–H and O–H groups in total. The van der Waals surface area contributed by atoms with Gasteiger partial charge in [0.15, 0.2) is 16.3 Å². The number of anilines is 1. The highest BCUT2D eigenvalue weighted by atomic mass is 32.2. The second-order valence-electron chi connectivity index (χ2n) is 7.14. The fraction of sp³-hybridized carbons (Fsp3) is 0.400. The molecular formula is C20H25N5O5S. The molecule has 10 nitrogen and oxygen atoms in total. The zero-order valence-corrected chi connectivity index (χ0v) is 19.1. The summed E-state index contributed by atoms with van der Waals surface area (Å²) in [4.78, 5) is 42.0. The summed E-state index contributed by atoms with van der Waals surface area (Å²) in [5.74, 6) is 0.879. The van der Waals surface area contributed by atoms with Crippen LogP contribution in [0.3, 0.4) is 0 Å². The van der Waals surface area contributed by atoms with Crippen LogP contribution < -0.4 is 26.0 Å². The van der Waals surface area contributed by atoms with E-state index in [1.165, 1.54) is 30.5 Å². The first-order valence-electron chi connectivity index (χ1n) is 9.52. The molecule has 0 spiro atoms. The van der Waals surface area contributed by atoms with Crippen molar-refractivity contribution in [1.29, 1.82) is 0 Å². The van der Waals surface area contributed by atoms with Gasteiger partial charge < -0.3 is 19.4 Å². The van der Waals surface area contributed by atoms with Crippen molar-refractivity contribution in [3.05, 3.63) is 39.0 Å². The minimum absolute atomic E-state index is 0.0550. The van der Waals surface area contributed by atoms with Crippen LogP contribution in [0.5, 0.6) is 11.5 Å². The average molecular weight is 448 g/mol. The number of carbonyl (C=O) groups is 1. The first kappa shape index (κ1) is 22.5. The van der Waals surface area contributed by atoms with Crippen LogP contribution in [-0.4, -0.2) is 44.6 Å². The van der Waals surface area contributed by atoms with E-state index in [-0.39, 0.29) is 17.7 Å². The van der Waals surface area contributed by atoms with Crippen molar-refractivity contribution in [2.24, 2.45) is 14.1 Å². The second-order valence-corrected chi connectivity index (χ2v) is 8.08. The Labute approximate surface area is 182 Å². The van der Waals surface area contributed by atoms with Crippen molar-refractivity contribution >= 4 is 34.5 Å². The van der Waals surface area contributed by atoms with E-state index >= 15 is 0 Å². The number of nitrogens with zero attached hydrogens (tertiary/aromatic N) is 4. The maximum absolute atomic E-state index is 12.7. The Morgan fingerprint density at radius 1 is 1.16 bits per heavy atom. The summed E-state index contributed by atoms with van der Waals surface area (Å²) in [6.45, 7) is 3.83. The third-order valence-electron chi connectivity index (χ3n) is 4.79. The number of hydrogen-bond acceptors (Lipinski definition) is 7. The monoisotopic (exact) mass is 447 g/mol. The Bertz CT molecular complexity index is 1260. The number of imidazole rings is 1. The number of ether oxygens (including phenoxy) is 2. The van der Waals surface area contributed by atoms with E-state index in [2.05, 4.69) is 10.3 Å². The summed E-state index contributed by atoms with van der Waals surface area (Å²) in [5.41, 5.74) is 0.272. The molecule has 0 aliphatic rings. The molecule has 3 rings (SSSR count). The number of thioether (sulfide) groups is 1. The topological polar surface area (TPSA) is 109 Å². The number of fused-ring (bicyclic) bond motifs is 1. The zero-order chi connectivity index (χ0) is 22.9. The molecule has 2 heterocycles. The molecule has 0 saturated heterocycles. The van der Waals surface area contributed by atoms with E-state index in [1.54, 1.807) is 36.9 Å². The van der Waals surface area contributed by atoms with Crippen LogP contribution in [-0.2, 0) is 18.9 Å². The second kappa shape index (κ2) is 8.88. The summed E-state index contributed by atoms with van der Waals surface area (Å²) in [7, 11) is 6.06. The Kier molecular flexibility index (Phi) is 6.44. The highest BCUT2D eigenvalue weighted by molar-refractivity contribution is 7.99. The van der Waals surface area contributed by atoms with Crippen molar-refractivity contribution < 1.29 is 14.3 Å². The molecule has 1 aromatic carbocycles. The van der Waals surface area contributed by atoms with Crippen molar-refractivity contribution in [2.75, 3.05) is 25.3 Å². The first-order valence-corrected chi connectivity index (χ1v) is 10.5. The first-order chi connectivity index (χ1) is 14.7. The van der Waals surface area contributed by atoms with Crippen molar-refractivity contribution in [3.8, 4) is 11.5 Å². The van der Waals surface area contributed by atoms with Crippen LogP contribution >= 0.6 is 11.8 Å². The summed E-state index contributed by atoms with van der Waals surface area (Å²) < 4.78 is 14.6. The molecule has 0 aliphatic heterocycles. The fourth-order valence-corrected chi connectivity index (χ4v) is 4.12. The molecule has 2 aromatic heterocycles. The predicted octanol–water partition coefficient (Wildman–Crippen LogP) is 1.76. The van der Waals surface area contributed by atoms with Gasteiger partial charge in [-0.15, -0.1) is 0 Å². The Balaban J connectivity index is 1.89. The molecule has 0 saturated carbocycles. The lowest BCUT2D eigenvalue weighted by atomic mass is 10.2. The van der Waals surface area contributed by atoms with Gasteiger partial charge in [-0.2, -0.15) is 0 Å². The number of rotatable bonds is 7. The zero-order valence-electron chi connectivity index (χ0n) is 18.3. The number of benzene rings is 1. The van der Waals surface area contributed by atoms with Crippen LogP contribution in [0.15, 0.2) is 32.9 Å². The Morgan fingerprint density at radius 2 is 1.87 bits per heavy atom. The van der Waals surface area contributed by atoms with Gasteiger partial charge in [0.1, 0.15) is 11.5 Å². The van der Waals surface area contributed by atoms with Crippen LogP contribution in [0.2, 0.25) is 0 Å². The lowest BCUT2D eigenvalue weighted by Gasteiger charge is -2.13. The third-order valence-corrected chi connectivity index (χ3v) is 5.74. The average Bonchev–Trinajstić information content (AvgIpc) is 3.15. The number of aryl methyl sites for hydroxylation is 1. The number of methoxy groups -OCH3 is 2. The molecule has 0 fully saturated rings. The molecule has 0 bridgehead atoms.